The van der Waals surface area contributed by atoms with Gasteiger partial charge in [0.05, 0.1) is 6.20 Å². The number of nitrogens with zero attached hydrogens (tertiary/aromatic N) is 1. The highest BCUT2D eigenvalue weighted by Gasteiger charge is 2.15. The normalized spacial score (nSPS) is 11.8. The molecule has 0 amide bonds. The van der Waals surface area contributed by atoms with Crippen LogP contribution in [0.25, 0.3) is 10.1 Å². The Balaban J connectivity index is 1.97. The predicted molar refractivity (Wildman–Crippen MR) is 71.2 cm³/mol. The highest BCUT2D eigenvalue weighted by molar-refractivity contribution is 7.92. The van der Waals surface area contributed by atoms with Crippen molar-refractivity contribution in [2.75, 3.05) is 4.72 Å². The van der Waals surface area contributed by atoms with Crippen molar-refractivity contribution in [1.82, 2.24) is 10.2 Å². The van der Waals surface area contributed by atoms with Gasteiger partial charge in [-0.3, -0.25) is 9.82 Å². The highest BCUT2D eigenvalue weighted by atomic mass is 32.2. The fourth-order valence-corrected chi connectivity index (χ4v) is 3.36. The molecule has 0 saturated heterocycles. The van der Waals surface area contributed by atoms with Gasteiger partial charge in [-0.1, -0.05) is 0 Å². The average Bonchev–Trinajstić information content (AvgIpc) is 2.99. The molecule has 0 aliphatic heterocycles. The van der Waals surface area contributed by atoms with Crippen LogP contribution in [0.1, 0.15) is 0 Å². The summed E-state index contributed by atoms with van der Waals surface area (Å²) in [4.78, 5) is 0. The molecule has 5 nitrogen and oxygen atoms in total. The van der Waals surface area contributed by atoms with Crippen LogP contribution in [0, 0.1) is 0 Å². The first-order valence-electron chi connectivity index (χ1n) is 5.15. The number of hydrogen-bond donors (Lipinski definition) is 2. The first-order chi connectivity index (χ1) is 8.65. The fraction of sp³-hybridized carbons (Fsp3) is 0. The second kappa shape index (κ2) is 4.11. The van der Waals surface area contributed by atoms with Crippen LogP contribution in [0.3, 0.4) is 0 Å². The lowest BCUT2D eigenvalue weighted by molar-refractivity contribution is 0.597. The maximum atomic E-state index is 12.0. The number of thiophene rings is 1. The fourth-order valence-electron chi connectivity index (χ4n) is 1.63. The van der Waals surface area contributed by atoms with E-state index in [1.807, 2.05) is 17.5 Å². The van der Waals surface area contributed by atoms with Crippen LogP contribution < -0.4 is 4.72 Å². The number of sulfonamides is 1. The summed E-state index contributed by atoms with van der Waals surface area (Å²) in [5.41, 5.74) is 0.538. The Kier molecular flexibility index (Phi) is 2.57. The molecule has 2 N–H and O–H groups in total. The van der Waals surface area contributed by atoms with Crippen molar-refractivity contribution in [2.24, 2.45) is 0 Å². The molecule has 0 fully saturated rings. The summed E-state index contributed by atoms with van der Waals surface area (Å²) in [6.45, 7) is 0. The van der Waals surface area contributed by atoms with Crippen LogP contribution >= 0.6 is 11.3 Å². The van der Waals surface area contributed by atoms with E-state index >= 15 is 0 Å². The average molecular weight is 279 g/mol. The monoisotopic (exact) mass is 279 g/mol. The van der Waals surface area contributed by atoms with Crippen molar-refractivity contribution in [3.63, 3.8) is 0 Å². The van der Waals surface area contributed by atoms with Gasteiger partial charge < -0.3 is 0 Å². The predicted octanol–water partition coefficient (Wildman–Crippen LogP) is 2.43. The molecule has 18 heavy (non-hydrogen) atoms. The Morgan fingerprint density at radius 2 is 2.11 bits per heavy atom. The minimum absolute atomic E-state index is 0.0490. The van der Waals surface area contributed by atoms with Crippen LogP contribution in [0.15, 0.2) is 46.9 Å². The molecule has 0 radical (unpaired) electrons. The summed E-state index contributed by atoms with van der Waals surface area (Å²) in [5, 5.41) is 9.10. The molecular weight excluding hydrogens is 270 g/mol. The third-order valence-electron chi connectivity index (χ3n) is 2.47. The maximum absolute atomic E-state index is 12.0. The van der Waals surface area contributed by atoms with Gasteiger partial charge in [-0.25, -0.2) is 0 Å². The van der Waals surface area contributed by atoms with Crippen molar-refractivity contribution in [3.8, 4) is 0 Å². The molecule has 0 atom stereocenters. The van der Waals surface area contributed by atoms with E-state index in [2.05, 4.69) is 14.9 Å². The number of benzene rings is 1. The molecular formula is C11H9N3O2S2. The minimum Gasteiger partial charge on any atom is -0.278 e. The van der Waals surface area contributed by atoms with E-state index in [1.54, 1.807) is 23.5 Å². The number of anilines is 1. The van der Waals surface area contributed by atoms with Crippen LogP contribution in [0.2, 0.25) is 0 Å². The van der Waals surface area contributed by atoms with Gasteiger partial charge in [0.15, 0.2) is 5.03 Å². The third kappa shape index (κ3) is 1.98. The maximum Gasteiger partial charge on any atom is 0.278 e. The van der Waals surface area contributed by atoms with Crippen molar-refractivity contribution < 1.29 is 8.42 Å². The first kappa shape index (κ1) is 11.2. The summed E-state index contributed by atoms with van der Waals surface area (Å²) in [6.07, 6.45) is 1.40. The van der Waals surface area contributed by atoms with Gasteiger partial charge in [-0.15, -0.1) is 11.3 Å². The van der Waals surface area contributed by atoms with Crippen molar-refractivity contribution in [1.29, 1.82) is 0 Å². The molecule has 3 aromatic rings. The van der Waals surface area contributed by atoms with E-state index in [4.69, 9.17) is 0 Å². The van der Waals surface area contributed by atoms with E-state index in [0.29, 0.717) is 5.69 Å². The smallest absolute Gasteiger partial charge is 0.278 e. The Hall–Kier alpha value is -1.86. The number of aromatic nitrogens is 2. The molecule has 0 saturated carbocycles. The lowest BCUT2D eigenvalue weighted by Crippen LogP contribution is -2.13. The van der Waals surface area contributed by atoms with Gasteiger partial charge in [-0.05, 0) is 41.1 Å². The first-order valence-corrected chi connectivity index (χ1v) is 7.51. The number of fused-ring (bicyclic) bond motifs is 1. The van der Waals surface area contributed by atoms with Crippen LogP contribution in [0.4, 0.5) is 5.69 Å². The van der Waals surface area contributed by atoms with Gasteiger partial charge >= 0.3 is 0 Å². The highest BCUT2D eigenvalue weighted by Crippen LogP contribution is 2.25. The molecule has 92 valence electrons. The van der Waals surface area contributed by atoms with Crippen LogP contribution in [-0.2, 0) is 10.0 Å². The van der Waals surface area contributed by atoms with E-state index in [9.17, 15) is 8.42 Å². The van der Waals surface area contributed by atoms with Crippen molar-refractivity contribution >= 4 is 37.1 Å². The summed E-state index contributed by atoms with van der Waals surface area (Å²) < 4.78 is 27.5. The Labute approximate surface area is 108 Å². The Morgan fingerprint density at radius 3 is 2.89 bits per heavy atom. The van der Waals surface area contributed by atoms with Crippen molar-refractivity contribution in [2.45, 2.75) is 5.03 Å². The number of nitrogens with one attached hydrogen (secondary N) is 2. The lowest BCUT2D eigenvalue weighted by Gasteiger charge is -2.05. The zero-order chi connectivity index (χ0) is 12.6. The zero-order valence-electron chi connectivity index (χ0n) is 9.12. The molecule has 0 bridgehead atoms. The summed E-state index contributed by atoms with van der Waals surface area (Å²) in [6, 6.07) is 8.80. The molecule has 1 aromatic carbocycles. The minimum atomic E-state index is -3.59. The standard InChI is InChI=1S/C11H9N3O2S2/c15-18(16,11-3-5-12-13-11)14-9-1-2-10-8(7-9)4-6-17-10/h1-7,14H,(H,12,13). The topological polar surface area (TPSA) is 74.8 Å². The van der Waals surface area contributed by atoms with E-state index in [1.165, 1.54) is 12.3 Å². The van der Waals surface area contributed by atoms with E-state index in [0.717, 1.165) is 10.1 Å². The number of H-pyrrole nitrogens is 1. The van der Waals surface area contributed by atoms with E-state index in [-0.39, 0.29) is 5.03 Å². The molecule has 7 heteroatoms. The SMILES string of the molecule is O=S(=O)(Nc1ccc2sccc2c1)c1ccn[nH]1. The van der Waals surface area contributed by atoms with Gasteiger partial charge in [0.2, 0.25) is 0 Å². The Bertz CT molecular complexity index is 776. The number of hydrogen-bond acceptors (Lipinski definition) is 4. The van der Waals surface area contributed by atoms with Crippen LogP contribution in [-0.4, -0.2) is 18.6 Å². The molecule has 0 aliphatic rings. The van der Waals surface area contributed by atoms with Crippen molar-refractivity contribution in [3.05, 3.63) is 41.9 Å². The van der Waals surface area contributed by atoms with E-state index < -0.39 is 10.0 Å². The second-order valence-corrected chi connectivity index (χ2v) is 6.30. The van der Waals surface area contributed by atoms with Gasteiger partial charge in [0.1, 0.15) is 0 Å². The van der Waals surface area contributed by atoms with Crippen LogP contribution in [0.5, 0.6) is 0 Å². The quantitative estimate of drug-likeness (QED) is 0.773. The largest absolute Gasteiger partial charge is 0.278 e. The third-order valence-corrected chi connectivity index (χ3v) is 4.68. The van der Waals surface area contributed by atoms with Gasteiger partial charge in [-0.2, -0.15) is 13.5 Å². The molecule has 3 rings (SSSR count). The molecule has 2 aromatic heterocycles. The molecule has 0 spiro atoms. The Morgan fingerprint density at radius 1 is 1.22 bits per heavy atom. The van der Waals surface area contributed by atoms with Gasteiger partial charge in [0, 0.05) is 10.4 Å². The molecule has 0 aliphatic carbocycles. The zero-order valence-corrected chi connectivity index (χ0v) is 10.8. The number of aromatic amines is 1. The molecule has 2 heterocycles. The van der Waals surface area contributed by atoms with Gasteiger partial charge in [0.25, 0.3) is 10.0 Å². The molecule has 0 unspecified atom stereocenters. The summed E-state index contributed by atoms with van der Waals surface area (Å²) >= 11 is 1.62. The summed E-state index contributed by atoms with van der Waals surface area (Å²) in [7, 11) is -3.59. The summed E-state index contributed by atoms with van der Waals surface area (Å²) in [5.74, 6) is 0. The second-order valence-electron chi connectivity index (χ2n) is 3.70. The lowest BCUT2D eigenvalue weighted by atomic mass is 10.2. The number of rotatable bonds is 3.